The van der Waals surface area contributed by atoms with Crippen LogP contribution in [-0.2, 0) is 12.8 Å². The molecule has 86 valence electrons. The van der Waals surface area contributed by atoms with Gasteiger partial charge in [-0.05, 0) is 36.5 Å². The predicted octanol–water partition coefficient (Wildman–Crippen LogP) is 3.00. The highest BCUT2D eigenvalue weighted by atomic mass is 16.1. The van der Waals surface area contributed by atoms with Crippen molar-refractivity contribution < 1.29 is 4.79 Å². The van der Waals surface area contributed by atoms with Crippen molar-refractivity contribution in [2.24, 2.45) is 5.92 Å². The van der Waals surface area contributed by atoms with Gasteiger partial charge in [0.1, 0.15) is 0 Å². The number of aromatic nitrogens is 1. The summed E-state index contributed by atoms with van der Waals surface area (Å²) in [5.74, 6) is 0.466. The second-order valence-electron chi connectivity index (χ2n) is 4.68. The van der Waals surface area contributed by atoms with Crippen molar-refractivity contribution in [1.29, 1.82) is 0 Å². The topological polar surface area (TPSA) is 32.9 Å². The van der Waals surface area contributed by atoms with Crippen molar-refractivity contribution in [3.63, 3.8) is 0 Å². The van der Waals surface area contributed by atoms with Crippen LogP contribution in [0.5, 0.6) is 0 Å². The van der Waals surface area contributed by atoms with Gasteiger partial charge in [-0.2, -0.15) is 0 Å². The number of fused-ring (bicyclic) bond motifs is 1. The number of rotatable bonds is 2. The molecule has 1 aromatic carbocycles. The van der Waals surface area contributed by atoms with Gasteiger partial charge in [-0.25, -0.2) is 0 Å². The third kappa shape index (κ3) is 1.91. The second-order valence-corrected chi connectivity index (χ2v) is 4.68. The van der Waals surface area contributed by atoms with Gasteiger partial charge >= 0.3 is 0 Å². The van der Waals surface area contributed by atoms with Crippen molar-refractivity contribution in [3.05, 3.63) is 59.4 Å². The van der Waals surface area contributed by atoms with E-state index < -0.39 is 0 Å². The van der Waals surface area contributed by atoms with E-state index in [2.05, 4.69) is 11.1 Å². The molecule has 2 nitrogen and oxygen atoms in total. The Morgan fingerprint density at radius 2 is 2.12 bits per heavy atom. The van der Waals surface area contributed by atoms with Crippen LogP contribution in [0.1, 0.15) is 27.9 Å². The van der Waals surface area contributed by atoms with Gasteiger partial charge in [-0.1, -0.05) is 24.3 Å². The molecule has 2 aromatic rings. The molecule has 0 fully saturated rings. The van der Waals surface area contributed by atoms with Crippen LogP contribution in [0.3, 0.4) is 0 Å². The number of carbonyl (C=O) groups excluding carboxylic acids is 1. The van der Waals surface area contributed by atoms with Crippen LogP contribution in [0.15, 0.2) is 42.7 Å². The van der Waals surface area contributed by atoms with E-state index in [9.17, 15) is 4.79 Å². The summed E-state index contributed by atoms with van der Waals surface area (Å²) in [5.41, 5.74) is 3.37. The number of aryl methyl sites for hydroxylation is 1. The normalized spacial score (nSPS) is 19.1. The van der Waals surface area contributed by atoms with E-state index in [0.29, 0.717) is 5.78 Å². The minimum Gasteiger partial charge on any atom is -0.367 e. The summed E-state index contributed by atoms with van der Waals surface area (Å²) in [4.78, 5) is 15.4. The number of nitrogens with one attached hydrogen (secondary N) is 1. The lowest BCUT2D eigenvalue weighted by Crippen LogP contribution is -2.24. The van der Waals surface area contributed by atoms with Gasteiger partial charge in [0.25, 0.3) is 0 Å². The third-order valence-electron chi connectivity index (χ3n) is 3.56. The molecule has 1 aliphatic rings. The highest BCUT2D eigenvalue weighted by molar-refractivity contribution is 6.00. The zero-order chi connectivity index (χ0) is 11.7. The summed E-state index contributed by atoms with van der Waals surface area (Å²) in [7, 11) is 0. The molecule has 0 bridgehead atoms. The zero-order valence-electron chi connectivity index (χ0n) is 9.65. The van der Waals surface area contributed by atoms with E-state index >= 15 is 0 Å². The Morgan fingerprint density at radius 1 is 1.24 bits per heavy atom. The average Bonchev–Trinajstić information content (AvgIpc) is 2.86. The van der Waals surface area contributed by atoms with Gasteiger partial charge in [-0.3, -0.25) is 4.79 Å². The number of carbonyl (C=O) groups is 1. The molecule has 0 spiro atoms. The van der Waals surface area contributed by atoms with E-state index in [1.807, 2.05) is 36.7 Å². The fraction of sp³-hybridized carbons (Fsp3) is 0.267. The van der Waals surface area contributed by atoms with Crippen LogP contribution < -0.4 is 0 Å². The van der Waals surface area contributed by atoms with E-state index in [1.54, 1.807) is 0 Å². The zero-order valence-corrected chi connectivity index (χ0v) is 9.65. The maximum atomic E-state index is 12.3. The fourth-order valence-corrected chi connectivity index (χ4v) is 2.62. The van der Waals surface area contributed by atoms with E-state index in [4.69, 9.17) is 0 Å². The molecule has 1 heterocycles. The molecular formula is C15H15NO. The average molecular weight is 225 g/mol. The summed E-state index contributed by atoms with van der Waals surface area (Å²) in [6.07, 6.45) is 6.75. The summed E-state index contributed by atoms with van der Waals surface area (Å²) in [6.45, 7) is 0. The highest BCUT2D eigenvalue weighted by Gasteiger charge is 2.26. The van der Waals surface area contributed by atoms with E-state index in [-0.39, 0.29) is 5.92 Å². The van der Waals surface area contributed by atoms with E-state index in [0.717, 1.165) is 24.8 Å². The summed E-state index contributed by atoms with van der Waals surface area (Å²) < 4.78 is 0. The van der Waals surface area contributed by atoms with Gasteiger partial charge in [-0.15, -0.1) is 0 Å². The number of ketones is 1. The van der Waals surface area contributed by atoms with Crippen LogP contribution in [0.25, 0.3) is 0 Å². The molecule has 0 radical (unpaired) electrons. The number of hydrogen-bond donors (Lipinski definition) is 1. The molecule has 1 unspecified atom stereocenters. The molecule has 1 aromatic heterocycles. The molecule has 17 heavy (non-hydrogen) atoms. The third-order valence-corrected chi connectivity index (χ3v) is 3.56. The van der Waals surface area contributed by atoms with Crippen molar-refractivity contribution in [2.75, 3.05) is 0 Å². The van der Waals surface area contributed by atoms with Gasteiger partial charge in [0, 0.05) is 23.9 Å². The van der Waals surface area contributed by atoms with Crippen molar-refractivity contribution >= 4 is 5.78 Å². The number of benzene rings is 1. The first kappa shape index (κ1) is 10.3. The predicted molar refractivity (Wildman–Crippen MR) is 67.1 cm³/mol. The standard InChI is InChI=1S/C15H15NO/c17-15-13(9-11-7-8-16-10-11)6-5-12-3-1-2-4-14(12)15/h1-4,7-8,10,13,16H,5-6,9H2. The highest BCUT2D eigenvalue weighted by Crippen LogP contribution is 2.27. The van der Waals surface area contributed by atoms with Gasteiger partial charge < -0.3 is 4.98 Å². The molecule has 0 saturated carbocycles. The molecule has 1 N–H and O–H groups in total. The Kier molecular flexibility index (Phi) is 2.56. The largest absolute Gasteiger partial charge is 0.367 e. The van der Waals surface area contributed by atoms with Crippen molar-refractivity contribution in [3.8, 4) is 0 Å². The number of H-pyrrole nitrogens is 1. The lowest BCUT2D eigenvalue weighted by molar-refractivity contribution is 0.0901. The monoisotopic (exact) mass is 225 g/mol. The molecule has 1 aliphatic carbocycles. The number of aromatic amines is 1. The van der Waals surface area contributed by atoms with Crippen LogP contribution in [0.2, 0.25) is 0 Å². The minimum atomic E-state index is 0.153. The molecule has 0 aliphatic heterocycles. The second kappa shape index (κ2) is 4.21. The fourth-order valence-electron chi connectivity index (χ4n) is 2.62. The van der Waals surface area contributed by atoms with Crippen LogP contribution in [-0.4, -0.2) is 10.8 Å². The SMILES string of the molecule is O=C1c2ccccc2CCC1Cc1cc[nH]c1. The Labute approximate surface area is 101 Å². The van der Waals surface area contributed by atoms with Gasteiger partial charge in [0.2, 0.25) is 0 Å². The lowest BCUT2D eigenvalue weighted by atomic mass is 9.80. The maximum Gasteiger partial charge on any atom is 0.166 e. The maximum absolute atomic E-state index is 12.3. The number of hydrogen-bond acceptors (Lipinski definition) is 1. The molecule has 2 heteroatoms. The molecule has 3 rings (SSSR count). The van der Waals surface area contributed by atoms with Crippen LogP contribution in [0, 0.1) is 5.92 Å². The Morgan fingerprint density at radius 3 is 2.94 bits per heavy atom. The number of Topliss-reactive ketones (excluding diaryl/α,β-unsaturated/α-hetero) is 1. The molecule has 1 atom stereocenters. The van der Waals surface area contributed by atoms with E-state index in [1.165, 1.54) is 11.1 Å². The quantitative estimate of drug-likeness (QED) is 0.837. The lowest BCUT2D eigenvalue weighted by Gasteiger charge is -2.22. The van der Waals surface area contributed by atoms with Gasteiger partial charge in [0.05, 0.1) is 0 Å². The summed E-state index contributed by atoms with van der Waals surface area (Å²) >= 11 is 0. The summed E-state index contributed by atoms with van der Waals surface area (Å²) in [5, 5.41) is 0. The Hall–Kier alpha value is -1.83. The molecule has 0 saturated heterocycles. The van der Waals surface area contributed by atoms with Crippen molar-refractivity contribution in [2.45, 2.75) is 19.3 Å². The summed E-state index contributed by atoms with van der Waals surface area (Å²) in [6, 6.07) is 10.0. The van der Waals surface area contributed by atoms with Crippen molar-refractivity contribution in [1.82, 2.24) is 4.98 Å². The Balaban J connectivity index is 1.84. The van der Waals surface area contributed by atoms with Crippen LogP contribution >= 0.6 is 0 Å². The minimum absolute atomic E-state index is 0.153. The molecular weight excluding hydrogens is 210 g/mol. The van der Waals surface area contributed by atoms with Gasteiger partial charge in [0.15, 0.2) is 5.78 Å². The first-order valence-electron chi connectivity index (χ1n) is 6.08. The first-order valence-corrected chi connectivity index (χ1v) is 6.08. The first-order chi connectivity index (χ1) is 8.34. The smallest absolute Gasteiger partial charge is 0.166 e. The Bertz CT molecular complexity index is 528. The molecule has 0 amide bonds. The van der Waals surface area contributed by atoms with Crippen LogP contribution in [0.4, 0.5) is 0 Å².